The number of pyridine rings is 1. The van der Waals surface area contributed by atoms with Gasteiger partial charge in [-0.3, -0.25) is 9.59 Å². The van der Waals surface area contributed by atoms with E-state index in [4.69, 9.17) is 23.2 Å². The fourth-order valence-corrected chi connectivity index (χ4v) is 2.23. The van der Waals surface area contributed by atoms with Crippen molar-refractivity contribution in [2.75, 3.05) is 0 Å². The van der Waals surface area contributed by atoms with Crippen LogP contribution in [0.5, 0.6) is 0 Å². The van der Waals surface area contributed by atoms with E-state index in [0.29, 0.717) is 4.47 Å². The summed E-state index contributed by atoms with van der Waals surface area (Å²) in [7, 11) is 0. The molecule has 0 aromatic carbocycles. The van der Waals surface area contributed by atoms with Gasteiger partial charge in [-0.25, -0.2) is 4.98 Å². The molecule has 0 atom stereocenters. The van der Waals surface area contributed by atoms with Gasteiger partial charge in [0, 0.05) is 4.47 Å². The number of halogens is 4. The van der Waals surface area contributed by atoms with E-state index in [0.717, 1.165) is 0 Å². The van der Waals surface area contributed by atoms with Crippen LogP contribution in [0.1, 0.15) is 20.8 Å². The summed E-state index contributed by atoms with van der Waals surface area (Å²) < 4.78 is 0.509. The van der Waals surface area contributed by atoms with E-state index in [-0.39, 0.29) is 15.9 Å². The van der Waals surface area contributed by atoms with Crippen LogP contribution in [0.4, 0.5) is 0 Å². The van der Waals surface area contributed by atoms with Crippen LogP contribution in [0.3, 0.4) is 0 Å². The molecule has 0 aliphatic heterocycles. The first-order chi connectivity index (χ1) is 6.43. The maximum atomic E-state index is 10.9. The Balaban J connectivity index is 3.38. The van der Waals surface area contributed by atoms with E-state index in [9.17, 15) is 9.59 Å². The van der Waals surface area contributed by atoms with Crippen molar-refractivity contribution in [1.82, 2.24) is 4.98 Å². The first-order valence-electron chi connectivity index (χ1n) is 3.19. The predicted octanol–water partition coefficient (Wildman–Crippen LogP) is 3.36. The van der Waals surface area contributed by atoms with Gasteiger partial charge in [0.15, 0.2) is 0 Å². The second-order valence-electron chi connectivity index (χ2n) is 2.20. The van der Waals surface area contributed by atoms with Gasteiger partial charge in [0.1, 0.15) is 10.3 Å². The molecule has 0 spiro atoms. The summed E-state index contributed by atoms with van der Waals surface area (Å²) in [5, 5.41) is -1.38. The Morgan fingerprint density at radius 3 is 2.21 bits per heavy atom. The number of nitrogens with zero attached hydrogens (tertiary/aromatic N) is 1. The molecule has 0 radical (unpaired) electrons. The molecule has 0 bridgehead atoms. The summed E-state index contributed by atoms with van der Waals surface area (Å²) in [5.41, 5.74) is 0.195. The Morgan fingerprint density at radius 1 is 1.21 bits per heavy atom. The molecular weight excluding hydrogens is 361 g/mol. The van der Waals surface area contributed by atoms with Gasteiger partial charge in [-0.15, -0.1) is 0 Å². The zero-order chi connectivity index (χ0) is 10.9. The molecule has 0 amide bonds. The van der Waals surface area contributed by atoms with Gasteiger partial charge in [-0.05, 0) is 61.1 Å². The van der Waals surface area contributed by atoms with Crippen molar-refractivity contribution in [1.29, 1.82) is 0 Å². The van der Waals surface area contributed by atoms with Crippen molar-refractivity contribution in [2.24, 2.45) is 0 Å². The third-order valence-electron chi connectivity index (χ3n) is 1.33. The first-order valence-corrected chi connectivity index (χ1v) is 5.53. The second-order valence-corrected chi connectivity index (χ2v) is 4.50. The van der Waals surface area contributed by atoms with E-state index in [2.05, 4.69) is 36.8 Å². The summed E-state index contributed by atoms with van der Waals surface area (Å²) in [6.07, 6.45) is 0. The van der Waals surface area contributed by atoms with Crippen LogP contribution in [0.2, 0.25) is 0 Å². The van der Waals surface area contributed by atoms with E-state index >= 15 is 0 Å². The maximum Gasteiger partial charge on any atom is 0.272 e. The van der Waals surface area contributed by atoms with Crippen LogP contribution in [0.15, 0.2) is 15.1 Å². The zero-order valence-electron chi connectivity index (χ0n) is 6.35. The van der Waals surface area contributed by atoms with E-state index in [1.807, 2.05) is 0 Å². The van der Waals surface area contributed by atoms with Gasteiger partial charge >= 0.3 is 0 Å². The number of hydrogen-bond donors (Lipinski definition) is 0. The highest BCUT2D eigenvalue weighted by atomic mass is 79.9. The average molecular weight is 362 g/mol. The quantitative estimate of drug-likeness (QED) is 0.599. The molecule has 1 aromatic heterocycles. The molecule has 0 unspecified atom stereocenters. The predicted molar refractivity (Wildman–Crippen MR) is 60.0 cm³/mol. The minimum Gasteiger partial charge on any atom is -0.276 e. The van der Waals surface area contributed by atoms with Crippen LogP contribution in [0.25, 0.3) is 0 Å². The lowest BCUT2D eigenvalue weighted by Gasteiger charge is -2.02. The summed E-state index contributed by atoms with van der Waals surface area (Å²) >= 11 is 16.6. The van der Waals surface area contributed by atoms with Crippen LogP contribution in [-0.4, -0.2) is 15.5 Å². The molecule has 0 saturated heterocycles. The topological polar surface area (TPSA) is 47.0 Å². The third kappa shape index (κ3) is 2.53. The fraction of sp³-hybridized carbons (Fsp3) is 0. The fourth-order valence-electron chi connectivity index (χ4n) is 0.742. The Hall–Kier alpha value is 0.0300. The highest BCUT2D eigenvalue weighted by molar-refractivity contribution is 9.11. The highest BCUT2D eigenvalue weighted by Gasteiger charge is 2.16. The minimum atomic E-state index is -0.717. The Bertz CT molecular complexity index is 383. The number of aromatic nitrogens is 1. The van der Waals surface area contributed by atoms with Crippen molar-refractivity contribution in [3.8, 4) is 0 Å². The summed E-state index contributed by atoms with van der Waals surface area (Å²) in [6, 6.07) is 1.38. The zero-order valence-corrected chi connectivity index (χ0v) is 11.0. The molecule has 1 heterocycles. The highest BCUT2D eigenvalue weighted by Crippen LogP contribution is 2.24. The van der Waals surface area contributed by atoms with Crippen molar-refractivity contribution < 1.29 is 9.59 Å². The first kappa shape index (κ1) is 12.1. The standard InChI is InChI=1S/C7HBr2Cl2NO2/c8-3-1-2(6(10)13)5(9)12-4(3)7(11)14/h1H. The monoisotopic (exact) mass is 359 g/mol. The largest absolute Gasteiger partial charge is 0.276 e. The molecule has 7 heteroatoms. The van der Waals surface area contributed by atoms with Crippen molar-refractivity contribution in [3.63, 3.8) is 0 Å². The van der Waals surface area contributed by atoms with E-state index < -0.39 is 10.5 Å². The Kier molecular flexibility index (Phi) is 4.06. The molecule has 74 valence electrons. The molecule has 0 N–H and O–H groups in total. The maximum absolute atomic E-state index is 10.9. The number of carbonyl (C=O) groups is 2. The van der Waals surface area contributed by atoms with Crippen LogP contribution in [0, 0.1) is 0 Å². The summed E-state index contributed by atoms with van der Waals surface area (Å²) in [4.78, 5) is 25.5. The van der Waals surface area contributed by atoms with Gasteiger partial charge in [-0.2, -0.15) is 0 Å². The Morgan fingerprint density at radius 2 is 1.79 bits per heavy atom. The molecule has 1 rings (SSSR count). The Labute approximate surface area is 106 Å². The van der Waals surface area contributed by atoms with Gasteiger partial charge in [-0.1, -0.05) is 0 Å². The van der Waals surface area contributed by atoms with Gasteiger partial charge in [0.2, 0.25) is 0 Å². The lowest BCUT2D eigenvalue weighted by atomic mass is 10.3. The number of hydrogen-bond acceptors (Lipinski definition) is 3. The molecule has 0 fully saturated rings. The van der Waals surface area contributed by atoms with Gasteiger partial charge in [0.05, 0.1) is 5.56 Å². The molecule has 0 saturated carbocycles. The average Bonchev–Trinajstić information content (AvgIpc) is 2.07. The van der Waals surface area contributed by atoms with Crippen LogP contribution < -0.4 is 0 Å². The molecule has 14 heavy (non-hydrogen) atoms. The van der Waals surface area contributed by atoms with Gasteiger partial charge in [0.25, 0.3) is 10.5 Å². The summed E-state index contributed by atoms with van der Waals surface area (Å²) in [6.45, 7) is 0. The third-order valence-corrected chi connectivity index (χ3v) is 2.92. The number of rotatable bonds is 2. The normalized spacial score (nSPS) is 10.0. The van der Waals surface area contributed by atoms with Crippen molar-refractivity contribution in [3.05, 3.63) is 26.4 Å². The lowest BCUT2D eigenvalue weighted by Crippen LogP contribution is -2.01. The van der Waals surface area contributed by atoms with Crippen molar-refractivity contribution in [2.45, 2.75) is 0 Å². The van der Waals surface area contributed by atoms with Crippen molar-refractivity contribution >= 4 is 65.5 Å². The van der Waals surface area contributed by atoms with Gasteiger partial charge < -0.3 is 0 Å². The minimum absolute atomic E-state index is 0.0280. The lowest BCUT2D eigenvalue weighted by molar-refractivity contribution is 0.106. The second kappa shape index (κ2) is 4.70. The smallest absolute Gasteiger partial charge is 0.272 e. The SMILES string of the molecule is O=C(Cl)c1cc(Br)c(C(=O)Cl)nc1Br. The van der Waals surface area contributed by atoms with Crippen LogP contribution >= 0.6 is 55.1 Å². The van der Waals surface area contributed by atoms with E-state index in [1.165, 1.54) is 6.07 Å². The molecule has 0 aliphatic carbocycles. The molecular formula is C7HBr2Cl2NO2. The molecule has 0 aliphatic rings. The van der Waals surface area contributed by atoms with Crippen LogP contribution in [-0.2, 0) is 0 Å². The van der Waals surface area contributed by atoms with E-state index in [1.54, 1.807) is 0 Å². The summed E-state index contributed by atoms with van der Waals surface area (Å²) in [5.74, 6) is 0. The molecule has 3 nitrogen and oxygen atoms in total. The molecule has 1 aromatic rings. The number of carbonyl (C=O) groups excluding carboxylic acids is 2.